The van der Waals surface area contributed by atoms with Crippen molar-refractivity contribution in [1.29, 1.82) is 5.26 Å². The van der Waals surface area contributed by atoms with Gasteiger partial charge in [-0.05, 0) is 85.6 Å². The highest BCUT2D eigenvalue weighted by atomic mass is 19.4. The summed E-state index contributed by atoms with van der Waals surface area (Å²) in [5.74, 6) is 0. The Hall–Kier alpha value is -5.80. The largest absolute Gasteiger partial charge is 0.416 e. The number of aryl methyl sites for hydroxylation is 2. The zero-order valence-electron chi connectivity index (χ0n) is 25.0. The molecular formula is C40H26F3N3. The number of aromatic nitrogens is 2. The third-order valence-corrected chi connectivity index (χ3v) is 8.87. The first-order chi connectivity index (χ1) is 22.2. The van der Waals surface area contributed by atoms with Crippen LogP contribution in [0.25, 0.3) is 66.1 Å². The third kappa shape index (κ3) is 4.20. The van der Waals surface area contributed by atoms with E-state index >= 15 is 0 Å². The molecule has 2 heterocycles. The first-order valence-corrected chi connectivity index (χ1v) is 15.0. The van der Waals surface area contributed by atoms with Gasteiger partial charge < -0.3 is 9.13 Å². The van der Waals surface area contributed by atoms with Gasteiger partial charge in [-0.25, -0.2) is 0 Å². The summed E-state index contributed by atoms with van der Waals surface area (Å²) in [5, 5.41) is 15.1. The SMILES string of the molecule is Cc1ccc2c(c1)c1ccccc1n2-c1cc(-c2cccc(C(F)(F)F)c2)cc(-n2c3ccccc3c3cc(C)ccc32)c1C#N. The van der Waals surface area contributed by atoms with E-state index in [1.807, 2.05) is 86.6 Å². The maximum atomic E-state index is 13.9. The highest BCUT2D eigenvalue weighted by Crippen LogP contribution is 2.41. The lowest BCUT2D eigenvalue weighted by Gasteiger charge is -2.19. The number of benzene rings is 6. The van der Waals surface area contributed by atoms with Gasteiger partial charge in [-0.15, -0.1) is 0 Å². The summed E-state index contributed by atoms with van der Waals surface area (Å²) in [4.78, 5) is 0. The van der Waals surface area contributed by atoms with Crippen LogP contribution in [0.3, 0.4) is 0 Å². The average molecular weight is 606 g/mol. The Labute approximate surface area is 263 Å². The molecule has 0 unspecified atom stereocenters. The Kier molecular flexibility index (Phi) is 6.10. The zero-order valence-corrected chi connectivity index (χ0v) is 25.0. The van der Waals surface area contributed by atoms with Crippen LogP contribution in [0.1, 0.15) is 22.3 Å². The zero-order chi connectivity index (χ0) is 31.7. The summed E-state index contributed by atoms with van der Waals surface area (Å²) in [5.41, 5.74) is 7.72. The van der Waals surface area contributed by atoms with Crippen LogP contribution in [0.5, 0.6) is 0 Å². The van der Waals surface area contributed by atoms with E-state index in [0.717, 1.165) is 60.8 Å². The number of halogens is 3. The Morgan fingerprint density at radius 1 is 0.522 bits per heavy atom. The monoisotopic (exact) mass is 605 g/mol. The van der Waals surface area contributed by atoms with Crippen LogP contribution >= 0.6 is 0 Å². The third-order valence-electron chi connectivity index (χ3n) is 8.87. The topological polar surface area (TPSA) is 33.6 Å². The summed E-state index contributed by atoms with van der Waals surface area (Å²) < 4.78 is 45.9. The summed E-state index contributed by atoms with van der Waals surface area (Å²) in [6, 6.07) is 40.1. The van der Waals surface area contributed by atoms with Gasteiger partial charge in [0, 0.05) is 21.5 Å². The predicted molar refractivity (Wildman–Crippen MR) is 180 cm³/mol. The molecule has 0 spiro atoms. The van der Waals surface area contributed by atoms with Gasteiger partial charge in [0.05, 0.1) is 39.0 Å². The molecule has 0 saturated heterocycles. The lowest BCUT2D eigenvalue weighted by molar-refractivity contribution is -0.137. The number of rotatable bonds is 3. The normalized spacial score (nSPS) is 12.0. The molecule has 0 aliphatic rings. The molecule has 2 aromatic heterocycles. The van der Waals surface area contributed by atoms with Crippen molar-refractivity contribution in [2.45, 2.75) is 20.0 Å². The molecule has 0 radical (unpaired) electrons. The van der Waals surface area contributed by atoms with E-state index in [2.05, 4.69) is 39.5 Å². The van der Waals surface area contributed by atoms with Crippen molar-refractivity contribution in [3.05, 3.63) is 144 Å². The molecule has 6 heteroatoms. The first kappa shape index (κ1) is 27.7. The second kappa shape index (κ2) is 10.1. The highest BCUT2D eigenvalue weighted by molar-refractivity contribution is 6.11. The van der Waals surface area contributed by atoms with Crippen molar-refractivity contribution in [3.8, 4) is 28.6 Å². The molecule has 46 heavy (non-hydrogen) atoms. The number of alkyl halides is 3. The molecule has 0 aliphatic carbocycles. The lowest BCUT2D eigenvalue weighted by atomic mass is 9.98. The number of nitrogens with zero attached hydrogens (tertiary/aromatic N) is 3. The second-order valence-corrected chi connectivity index (χ2v) is 11.8. The molecule has 222 valence electrons. The van der Waals surface area contributed by atoms with E-state index in [1.165, 1.54) is 12.1 Å². The summed E-state index contributed by atoms with van der Waals surface area (Å²) in [7, 11) is 0. The van der Waals surface area contributed by atoms with E-state index in [-0.39, 0.29) is 0 Å². The van der Waals surface area contributed by atoms with Crippen LogP contribution in [0.4, 0.5) is 13.2 Å². The van der Waals surface area contributed by atoms with Gasteiger partial charge in [-0.3, -0.25) is 0 Å². The number of nitriles is 1. The van der Waals surface area contributed by atoms with Crippen molar-refractivity contribution >= 4 is 43.6 Å². The van der Waals surface area contributed by atoms with Gasteiger partial charge in [0.25, 0.3) is 0 Å². The minimum atomic E-state index is -4.50. The molecule has 6 aromatic carbocycles. The van der Waals surface area contributed by atoms with Crippen LogP contribution < -0.4 is 0 Å². The quantitative estimate of drug-likeness (QED) is 0.197. The highest BCUT2D eigenvalue weighted by Gasteiger charge is 2.31. The van der Waals surface area contributed by atoms with Gasteiger partial charge in [0.15, 0.2) is 0 Å². The summed E-state index contributed by atoms with van der Waals surface area (Å²) in [6.45, 7) is 4.09. The van der Waals surface area contributed by atoms with Crippen molar-refractivity contribution in [3.63, 3.8) is 0 Å². The molecule has 0 atom stereocenters. The van der Waals surface area contributed by atoms with E-state index in [9.17, 15) is 18.4 Å². The first-order valence-electron chi connectivity index (χ1n) is 15.0. The van der Waals surface area contributed by atoms with E-state index < -0.39 is 11.7 Å². The Balaban J connectivity index is 1.55. The fraction of sp³-hybridized carbons (Fsp3) is 0.0750. The minimum Gasteiger partial charge on any atom is -0.308 e. The van der Waals surface area contributed by atoms with Crippen LogP contribution in [0, 0.1) is 25.2 Å². The van der Waals surface area contributed by atoms with Crippen molar-refractivity contribution < 1.29 is 13.2 Å². The van der Waals surface area contributed by atoms with E-state index in [4.69, 9.17) is 0 Å². The molecule has 3 nitrogen and oxygen atoms in total. The van der Waals surface area contributed by atoms with Crippen LogP contribution in [-0.4, -0.2) is 9.13 Å². The molecule has 0 N–H and O–H groups in total. The van der Waals surface area contributed by atoms with Crippen LogP contribution in [-0.2, 0) is 6.18 Å². The molecule has 0 fully saturated rings. The Morgan fingerprint density at radius 3 is 1.52 bits per heavy atom. The van der Waals surface area contributed by atoms with Crippen molar-refractivity contribution in [2.75, 3.05) is 0 Å². The van der Waals surface area contributed by atoms with Gasteiger partial charge >= 0.3 is 6.18 Å². The predicted octanol–water partition coefficient (Wildman–Crippen LogP) is 11.1. The molecular weight excluding hydrogens is 579 g/mol. The van der Waals surface area contributed by atoms with E-state index in [0.29, 0.717) is 28.1 Å². The van der Waals surface area contributed by atoms with Crippen LogP contribution in [0.15, 0.2) is 121 Å². The van der Waals surface area contributed by atoms with Crippen molar-refractivity contribution in [1.82, 2.24) is 9.13 Å². The smallest absolute Gasteiger partial charge is 0.308 e. The lowest BCUT2D eigenvalue weighted by Crippen LogP contribution is -2.06. The number of hydrogen-bond donors (Lipinski definition) is 0. The molecule has 0 bridgehead atoms. The molecule has 8 rings (SSSR count). The molecule has 0 amide bonds. The van der Waals surface area contributed by atoms with Gasteiger partial charge in [0.2, 0.25) is 0 Å². The number of hydrogen-bond acceptors (Lipinski definition) is 1. The fourth-order valence-corrected chi connectivity index (χ4v) is 6.81. The summed E-state index contributed by atoms with van der Waals surface area (Å²) >= 11 is 0. The standard InChI is InChI=1S/C40H26F3N3/c1-24-14-16-36-31(18-24)29-10-3-5-12-34(29)45(36)38-21-27(26-8-7-9-28(20-26)40(41,42)43)22-39(33(38)23-44)46-35-13-6-4-11-30(35)32-19-25(2)15-17-37(32)46/h3-22H,1-2H3. The summed E-state index contributed by atoms with van der Waals surface area (Å²) in [6.07, 6.45) is -4.50. The minimum absolute atomic E-state index is 0.412. The van der Waals surface area contributed by atoms with Gasteiger partial charge in [-0.2, -0.15) is 18.4 Å². The maximum absolute atomic E-state index is 13.9. The van der Waals surface area contributed by atoms with Crippen LogP contribution in [0.2, 0.25) is 0 Å². The van der Waals surface area contributed by atoms with Gasteiger partial charge in [-0.1, -0.05) is 71.8 Å². The average Bonchev–Trinajstić information content (AvgIpc) is 3.56. The molecule has 0 aliphatic heterocycles. The second-order valence-electron chi connectivity index (χ2n) is 11.8. The Bertz CT molecular complexity index is 2420. The molecule has 8 aromatic rings. The Morgan fingerprint density at radius 2 is 1.02 bits per heavy atom. The fourth-order valence-electron chi connectivity index (χ4n) is 6.81. The van der Waals surface area contributed by atoms with E-state index in [1.54, 1.807) is 6.07 Å². The molecule has 0 saturated carbocycles. The van der Waals surface area contributed by atoms with Gasteiger partial charge in [0.1, 0.15) is 11.6 Å². The number of para-hydroxylation sites is 2. The maximum Gasteiger partial charge on any atom is 0.416 e. The van der Waals surface area contributed by atoms with Crippen molar-refractivity contribution in [2.24, 2.45) is 0 Å². The number of fused-ring (bicyclic) bond motifs is 6.